The third-order valence-corrected chi connectivity index (χ3v) is 2.93. The average molecular weight is 320 g/mol. The molecule has 0 unspecified atom stereocenters. The molecule has 23 heavy (non-hydrogen) atoms. The number of nitriles is 1. The molecule has 4 nitrogen and oxygen atoms in total. The fourth-order valence-electron chi connectivity index (χ4n) is 1.87. The van der Waals surface area contributed by atoms with E-state index in [-0.39, 0.29) is 11.3 Å². The third-order valence-electron chi connectivity index (χ3n) is 2.93. The first-order valence-electron chi connectivity index (χ1n) is 6.50. The summed E-state index contributed by atoms with van der Waals surface area (Å²) in [4.78, 5) is 12.1. The molecule has 1 amide bonds. The van der Waals surface area contributed by atoms with Crippen molar-refractivity contribution in [1.29, 1.82) is 5.26 Å². The zero-order valence-electron chi connectivity index (χ0n) is 11.7. The Morgan fingerprint density at radius 1 is 1.17 bits per heavy atom. The van der Waals surface area contributed by atoms with E-state index in [9.17, 15) is 18.0 Å². The highest BCUT2D eigenvalue weighted by Crippen LogP contribution is 2.18. The maximum atomic E-state index is 12.9. The summed E-state index contributed by atoms with van der Waals surface area (Å²) in [5.41, 5.74) is 0.466. The topological polar surface area (TPSA) is 62.1 Å². The molecule has 0 aliphatic carbocycles. The highest BCUT2D eigenvalue weighted by molar-refractivity contribution is 5.95. The van der Waals surface area contributed by atoms with E-state index in [1.807, 2.05) is 6.07 Å². The van der Waals surface area contributed by atoms with Gasteiger partial charge in [0, 0.05) is 5.56 Å². The lowest BCUT2D eigenvalue weighted by molar-refractivity contribution is -0.0498. The molecule has 0 aliphatic rings. The van der Waals surface area contributed by atoms with Crippen molar-refractivity contribution >= 4 is 5.91 Å². The molecule has 0 spiro atoms. The molecule has 0 saturated carbocycles. The summed E-state index contributed by atoms with van der Waals surface area (Å²) >= 11 is 0. The fourth-order valence-corrected chi connectivity index (χ4v) is 1.87. The van der Waals surface area contributed by atoms with Gasteiger partial charge in [0.25, 0.3) is 5.91 Å². The predicted octanol–water partition coefficient (Wildman–Crippen LogP) is 3.42. The largest absolute Gasteiger partial charge is 0.435 e. The van der Waals surface area contributed by atoms with Gasteiger partial charge < -0.3 is 10.1 Å². The van der Waals surface area contributed by atoms with Crippen molar-refractivity contribution in [3.63, 3.8) is 0 Å². The smallest absolute Gasteiger partial charge is 0.387 e. The molecule has 1 N–H and O–H groups in total. The molecule has 2 aromatic carbocycles. The summed E-state index contributed by atoms with van der Waals surface area (Å²) < 4.78 is 41.4. The van der Waals surface area contributed by atoms with Crippen LogP contribution in [-0.4, -0.2) is 12.5 Å². The van der Waals surface area contributed by atoms with Gasteiger partial charge in [0.05, 0.1) is 6.07 Å². The first-order valence-corrected chi connectivity index (χ1v) is 6.50. The number of benzene rings is 2. The summed E-state index contributed by atoms with van der Waals surface area (Å²) in [6, 6.07) is 11.2. The Hall–Kier alpha value is -3.01. The molecule has 0 fully saturated rings. The van der Waals surface area contributed by atoms with Gasteiger partial charge in [-0.05, 0) is 35.9 Å². The number of amides is 1. The van der Waals surface area contributed by atoms with Gasteiger partial charge in [0.2, 0.25) is 0 Å². The molecule has 0 aromatic heterocycles. The molecular formula is C16H11F3N2O2. The number of nitrogens with zero attached hydrogens (tertiary/aromatic N) is 1. The minimum atomic E-state index is -3.00. The van der Waals surface area contributed by atoms with Crippen LogP contribution in [0.25, 0.3) is 0 Å². The van der Waals surface area contributed by atoms with Crippen LogP contribution in [0.1, 0.15) is 22.0 Å². The van der Waals surface area contributed by atoms with E-state index in [0.29, 0.717) is 5.56 Å². The number of halogens is 3. The van der Waals surface area contributed by atoms with Crippen molar-refractivity contribution in [2.24, 2.45) is 0 Å². The van der Waals surface area contributed by atoms with E-state index in [1.165, 1.54) is 42.5 Å². The molecule has 0 heterocycles. The lowest BCUT2D eigenvalue weighted by atomic mass is 10.1. The van der Waals surface area contributed by atoms with E-state index in [4.69, 9.17) is 5.26 Å². The Balaban J connectivity index is 2.14. The van der Waals surface area contributed by atoms with Crippen molar-refractivity contribution in [2.45, 2.75) is 12.7 Å². The van der Waals surface area contributed by atoms with Gasteiger partial charge in [0.1, 0.15) is 17.6 Å². The lowest BCUT2D eigenvalue weighted by Gasteiger charge is -2.12. The third kappa shape index (κ3) is 4.48. The van der Waals surface area contributed by atoms with E-state index in [0.717, 1.165) is 6.07 Å². The maximum Gasteiger partial charge on any atom is 0.387 e. The van der Waals surface area contributed by atoms with Gasteiger partial charge >= 0.3 is 6.61 Å². The number of nitrogens with one attached hydrogen (secondary N) is 1. The molecule has 0 bridgehead atoms. The van der Waals surface area contributed by atoms with Crippen LogP contribution in [0.5, 0.6) is 5.75 Å². The maximum absolute atomic E-state index is 12.9. The van der Waals surface area contributed by atoms with Crippen LogP contribution in [0.4, 0.5) is 13.2 Å². The zero-order valence-corrected chi connectivity index (χ0v) is 11.7. The Morgan fingerprint density at radius 2 is 1.87 bits per heavy atom. The minimum Gasteiger partial charge on any atom is -0.435 e. The number of rotatable bonds is 5. The summed E-state index contributed by atoms with van der Waals surface area (Å²) in [5, 5.41) is 11.6. The summed E-state index contributed by atoms with van der Waals surface area (Å²) in [6.07, 6.45) is 0. The number of carbonyl (C=O) groups excluding carboxylic acids is 1. The number of ether oxygens (including phenoxy) is 1. The highest BCUT2D eigenvalue weighted by Gasteiger charge is 2.16. The number of hydrogen-bond acceptors (Lipinski definition) is 3. The molecule has 118 valence electrons. The van der Waals surface area contributed by atoms with Gasteiger partial charge in [-0.2, -0.15) is 14.0 Å². The Labute approximate surface area is 130 Å². The van der Waals surface area contributed by atoms with Crippen LogP contribution in [-0.2, 0) is 0 Å². The van der Waals surface area contributed by atoms with Crippen LogP contribution in [0.3, 0.4) is 0 Å². The molecule has 2 aromatic rings. The monoisotopic (exact) mass is 320 g/mol. The number of alkyl halides is 2. The Kier molecular flexibility index (Phi) is 5.20. The molecule has 1 atom stereocenters. The van der Waals surface area contributed by atoms with Gasteiger partial charge in [-0.15, -0.1) is 0 Å². The Bertz CT molecular complexity index is 727. The van der Waals surface area contributed by atoms with E-state index < -0.39 is 24.4 Å². The van der Waals surface area contributed by atoms with Crippen LogP contribution >= 0.6 is 0 Å². The van der Waals surface area contributed by atoms with Gasteiger partial charge in [-0.1, -0.05) is 18.2 Å². The molecule has 0 aliphatic heterocycles. The fraction of sp³-hybridized carbons (Fsp3) is 0.125. The molecule has 0 saturated heterocycles. The first kappa shape index (κ1) is 16.4. The normalized spacial score (nSPS) is 11.6. The van der Waals surface area contributed by atoms with Crippen molar-refractivity contribution in [3.05, 3.63) is 65.5 Å². The van der Waals surface area contributed by atoms with E-state index in [2.05, 4.69) is 10.1 Å². The van der Waals surface area contributed by atoms with Crippen LogP contribution < -0.4 is 10.1 Å². The van der Waals surface area contributed by atoms with Gasteiger partial charge in [-0.3, -0.25) is 4.79 Å². The predicted molar refractivity (Wildman–Crippen MR) is 75.3 cm³/mol. The second-order valence-electron chi connectivity index (χ2n) is 4.49. The highest BCUT2D eigenvalue weighted by atomic mass is 19.3. The molecule has 7 heteroatoms. The summed E-state index contributed by atoms with van der Waals surface area (Å²) in [6.45, 7) is -3.00. The van der Waals surface area contributed by atoms with Crippen LogP contribution in [0, 0.1) is 17.1 Å². The van der Waals surface area contributed by atoms with Crippen LogP contribution in [0.15, 0.2) is 48.5 Å². The second kappa shape index (κ2) is 7.31. The van der Waals surface area contributed by atoms with E-state index in [1.54, 1.807) is 0 Å². The number of hydrogen-bond donors (Lipinski definition) is 1. The quantitative estimate of drug-likeness (QED) is 0.918. The van der Waals surface area contributed by atoms with Crippen molar-refractivity contribution in [1.82, 2.24) is 5.32 Å². The van der Waals surface area contributed by atoms with Gasteiger partial charge in [-0.25, -0.2) is 4.39 Å². The van der Waals surface area contributed by atoms with E-state index >= 15 is 0 Å². The number of carbonyl (C=O) groups is 1. The standard InChI is InChI=1S/C16H11F3N2O2/c17-12-6-4-10(5-7-12)14(9-20)21-15(22)11-2-1-3-13(8-11)23-16(18)19/h1-8,14,16H,(H,21,22)/t14-/m1/s1. The first-order chi connectivity index (χ1) is 11.0. The summed E-state index contributed by atoms with van der Waals surface area (Å²) in [7, 11) is 0. The minimum absolute atomic E-state index is 0.0607. The van der Waals surface area contributed by atoms with Crippen molar-refractivity contribution < 1.29 is 22.7 Å². The molecule has 0 radical (unpaired) electrons. The van der Waals surface area contributed by atoms with Crippen LogP contribution in [0.2, 0.25) is 0 Å². The second-order valence-corrected chi connectivity index (χ2v) is 4.49. The Morgan fingerprint density at radius 3 is 2.48 bits per heavy atom. The lowest BCUT2D eigenvalue weighted by Crippen LogP contribution is -2.27. The molecule has 2 rings (SSSR count). The average Bonchev–Trinajstić information content (AvgIpc) is 2.53. The molecular weight excluding hydrogens is 309 g/mol. The van der Waals surface area contributed by atoms with Gasteiger partial charge in [0.15, 0.2) is 0 Å². The SMILES string of the molecule is N#C[C@@H](NC(=O)c1cccc(OC(F)F)c1)c1ccc(F)cc1. The van der Waals surface area contributed by atoms with Crippen molar-refractivity contribution in [3.8, 4) is 11.8 Å². The van der Waals surface area contributed by atoms with Crippen molar-refractivity contribution in [2.75, 3.05) is 0 Å². The zero-order chi connectivity index (χ0) is 16.8. The summed E-state index contributed by atoms with van der Waals surface area (Å²) in [5.74, 6) is -1.27.